The van der Waals surface area contributed by atoms with E-state index in [1.807, 2.05) is 0 Å². The normalized spacial score (nSPS) is 18.3. The molecule has 0 bridgehead atoms. The van der Waals surface area contributed by atoms with Crippen LogP contribution in [0.3, 0.4) is 0 Å². The Morgan fingerprint density at radius 2 is 1.72 bits per heavy atom. The quantitative estimate of drug-likeness (QED) is 0.668. The van der Waals surface area contributed by atoms with E-state index in [0.29, 0.717) is 0 Å². The minimum absolute atomic E-state index is 0.857. The number of rotatable bonds is 5. The molecule has 1 aromatic heterocycles. The van der Waals surface area contributed by atoms with Crippen molar-refractivity contribution in [1.29, 1.82) is 0 Å². The summed E-state index contributed by atoms with van der Waals surface area (Å²) < 4.78 is 7.87. The number of fused-ring (bicyclic) bond motifs is 3. The zero-order valence-corrected chi connectivity index (χ0v) is 17.1. The van der Waals surface area contributed by atoms with Gasteiger partial charge in [-0.1, -0.05) is 36.4 Å². The van der Waals surface area contributed by atoms with Gasteiger partial charge in [-0.25, -0.2) is 4.98 Å². The van der Waals surface area contributed by atoms with Gasteiger partial charge in [-0.15, -0.1) is 0 Å². The van der Waals surface area contributed by atoms with Crippen molar-refractivity contribution in [2.24, 2.45) is 0 Å². The van der Waals surface area contributed by atoms with Crippen LogP contribution in [0.4, 0.5) is 5.95 Å². The molecule has 2 aliphatic rings. The van der Waals surface area contributed by atoms with Crippen LogP contribution in [-0.4, -0.2) is 65.4 Å². The number of hydrogen-bond acceptors (Lipinski definition) is 5. The van der Waals surface area contributed by atoms with Gasteiger partial charge in [0.1, 0.15) is 0 Å². The maximum atomic E-state index is 5.49. The molecule has 1 fully saturated rings. The Kier molecular flexibility index (Phi) is 5.23. The number of benzene rings is 2. The summed E-state index contributed by atoms with van der Waals surface area (Å²) in [5.74, 6) is 1.08. The fourth-order valence-electron chi connectivity index (χ4n) is 4.33. The maximum Gasteiger partial charge on any atom is 0.209 e. The predicted molar refractivity (Wildman–Crippen MR) is 116 cm³/mol. The fourth-order valence-corrected chi connectivity index (χ4v) is 4.33. The molecule has 1 saturated heterocycles. The van der Waals surface area contributed by atoms with Crippen molar-refractivity contribution < 1.29 is 4.74 Å². The third-order valence-corrected chi connectivity index (χ3v) is 5.93. The van der Waals surface area contributed by atoms with Gasteiger partial charge in [-0.2, -0.15) is 0 Å². The first-order chi connectivity index (χ1) is 14.3. The topological polar surface area (TPSA) is 36.8 Å². The average molecular weight is 392 g/mol. The molecule has 152 valence electrons. The Hall–Kier alpha value is -2.41. The lowest BCUT2D eigenvalue weighted by Crippen LogP contribution is -2.48. The van der Waals surface area contributed by atoms with E-state index in [1.165, 1.54) is 16.6 Å². The first kappa shape index (κ1) is 18.6. The molecule has 3 heterocycles. The summed E-state index contributed by atoms with van der Waals surface area (Å²) in [6.45, 7) is 10.7. The van der Waals surface area contributed by atoms with Gasteiger partial charge in [0.05, 0.1) is 37.6 Å². The number of hydrogen-bond donors (Lipinski definition) is 0. The van der Waals surface area contributed by atoms with Crippen LogP contribution in [0.2, 0.25) is 0 Å². The zero-order chi connectivity index (χ0) is 19.6. The summed E-state index contributed by atoms with van der Waals surface area (Å²) >= 11 is 0. The zero-order valence-electron chi connectivity index (χ0n) is 17.1. The predicted octanol–water partition coefficient (Wildman–Crippen LogP) is 2.91. The molecule has 0 amide bonds. The molecule has 2 aliphatic heterocycles. The van der Waals surface area contributed by atoms with Crippen LogP contribution in [0.15, 0.2) is 48.5 Å². The van der Waals surface area contributed by atoms with Crippen LogP contribution >= 0.6 is 0 Å². The van der Waals surface area contributed by atoms with Gasteiger partial charge in [0, 0.05) is 32.7 Å². The smallest absolute Gasteiger partial charge is 0.209 e. The van der Waals surface area contributed by atoms with E-state index in [-0.39, 0.29) is 0 Å². The van der Waals surface area contributed by atoms with Crippen molar-refractivity contribution in [1.82, 2.24) is 19.4 Å². The van der Waals surface area contributed by atoms with Gasteiger partial charge in [0.2, 0.25) is 5.95 Å². The Morgan fingerprint density at radius 1 is 0.931 bits per heavy atom. The van der Waals surface area contributed by atoms with Crippen LogP contribution in [0.25, 0.3) is 11.0 Å². The second-order valence-corrected chi connectivity index (χ2v) is 8.15. The molecule has 0 aliphatic carbocycles. The number of morpholine rings is 1. The molecule has 6 nitrogen and oxygen atoms in total. The van der Waals surface area contributed by atoms with Crippen LogP contribution in [0, 0.1) is 6.92 Å². The van der Waals surface area contributed by atoms with Gasteiger partial charge in [-0.3, -0.25) is 14.4 Å². The standard InChI is InChI=1S/C23H29N5O/c1-19-7-8-22-21(15-19)24-23-27(16-20-5-3-2-4-6-20)17-26(18-28(22)23)10-9-25-11-13-29-14-12-25/h2-8,15H,9-14,16-18H2,1H3. The van der Waals surface area contributed by atoms with E-state index in [1.54, 1.807) is 0 Å². The Bertz CT molecular complexity index is 964. The number of imidazole rings is 1. The molecule has 0 unspecified atom stereocenters. The molecule has 0 N–H and O–H groups in total. The average Bonchev–Trinajstić information content (AvgIpc) is 3.11. The SMILES string of the molecule is Cc1ccc2c(c1)nc1n2CN(CCN2CCOCC2)CN1Cc1ccccc1. The fraction of sp³-hybridized carbons (Fsp3) is 0.435. The van der Waals surface area contributed by atoms with E-state index < -0.39 is 0 Å². The maximum absolute atomic E-state index is 5.49. The highest BCUT2D eigenvalue weighted by atomic mass is 16.5. The van der Waals surface area contributed by atoms with Crippen LogP contribution in [-0.2, 0) is 18.0 Å². The van der Waals surface area contributed by atoms with Gasteiger partial charge >= 0.3 is 0 Å². The molecule has 0 radical (unpaired) electrons. The first-order valence-electron chi connectivity index (χ1n) is 10.5. The largest absolute Gasteiger partial charge is 0.379 e. The third-order valence-electron chi connectivity index (χ3n) is 5.93. The molecule has 29 heavy (non-hydrogen) atoms. The lowest BCUT2D eigenvalue weighted by Gasteiger charge is -2.38. The number of aryl methyl sites for hydroxylation is 1. The van der Waals surface area contributed by atoms with E-state index in [0.717, 1.165) is 70.7 Å². The van der Waals surface area contributed by atoms with Crippen LogP contribution in [0.5, 0.6) is 0 Å². The van der Waals surface area contributed by atoms with E-state index in [2.05, 4.69) is 74.7 Å². The number of nitrogens with zero attached hydrogens (tertiary/aromatic N) is 5. The number of ether oxygens (including phenoxy) is 1. The number of anilines is 1. The summed E-state index contributed by atoms with van der Waals surface area (Å²) in [6.07, 6.45) is 0. The highest BCUT2D eigenvalue weighted by Crippen LogP contribution is 2.28. The van der Waals surface area contributed by atoms with Gasteiger partial charge < -0.3 is 9.64 Å². The second kappa shape index (κ2) is 8.14. The van der Waals surface area contributed by atoms with Crippen molar-refractivity contribution in [3.63, 3.8) is 0 Å². The highest BCUT2D eigenvalue weighted by Gasteiger charge is 2.26. The molecule has 3 aromatic rings. The highest BCUT2D eigenvalue weighted by molar-refractivity contribution is 5.79. The van der Waals surface area contributed by atoms with Gasteiger partial charge in [0.25, 0.3) is 0 Å². The van der Waals surface area contributed by atoms with Gasteiger partial charge in [-0.05, 0) is 30.2 Å². The Morgan fingerprint density at radius 3 is 2.55 bits per heavy atom. The Labute approximate surface area is 172 Å². The van der Waals surface area contributed by atoms with Crippen molar-refractivity contribution >= 4 is 17.0 Å². The van der Waals surface area contributed by atoms with E-state index in [4.69, 9.17) is 9.72 Å². The first-order valence-corrected chi connectivity index (χ1v) is 10.5. The van der Waals surface area contributed by atoms with Crippen molar-refractivity contribution in [3.8, 4) is 0 Å². The molecular formula is C23H29N5O. The third kappa shape index (κ3) is 4.01. The summed E-state index contributed by atoms with van der Waals surface area (Å²) in [4.78, 5) is 12.5. The van der Waals surface area contributed by atoms with Gasteiger partial charge in [0.15, 0.2) is 0 Å². The summed E-state index contributed by atoms with van der Waals surface area (Å²) in [6, 6.07) is 17.3. The molecule has 5 rings (SSSR count). The summed E-state index contributed by atoms with van der Waals surface area (Å²) in [5.41, 5.74) is 4.89. The summed E-state index contributed by atoms with van der Waals surface area (Å²) in [5, 5.41) is 0. The van der Waals surface area contributed by atoms with Crippen LogP contribution in [0.1, 0.15) is 11.1 Å². The van der Waals surface area contributed by atoms with Crippen molar-refractivity contribution in [3.05, 3.63) is 59.7 Å². The minimum Gasteiger partial charge on any atom is -0.379 e. The molecule has 0 atom stereocenters. The molecule has 2 aromatic carbocycles. The Balaban J connectivity index is 1.41. The van der Waals surface area contributed by atoms with Crippen LogP contribution < -0.4 is 4.90 Å². The molecule has 0 saturated carbocycles. The molecule has 0 spiro atoms. The molecular weight excluding hydrogens is 362 g/mol. The summed E-state index contributed by atoms with van der Waals surface area (Å²) in [7, 11) is 0. The van der Waals surface area contributed by atoms with E-state index in [9.17, 15) is 0 Å². The monoisotopic (exact) mass is 391 g/mol. The van der Waals surface area contributed by atoms with Crippen molar-refractivity contribution in [2.45, 2.75) is 20.1 Å². The lowest BCUT2D eigenvalue weighted by atomic mass is 10.2. The lowest BCUT2D eigenvalue weighted by molar-refractivity contribution is 0.0310. The number of aromatic nitrogens is 2. The molecule has 6 heteroatoms. The second-order valence-electron chi connectivity index (χ2n) is 8.15. The van der Waals surface area contributed by atoms with E-state index >= 15 is 0 Å². The van der Waals surface area contributed by atoms with Crippen molar-refractivity contribution in [2.75, 3.05) is 51.0 Å². The minimum atomic E-state index is 0.857.